The highest BCUT2D eigenvalue weighted by molar-refractivity contribution is 6.12. The topological polar surface area (TPSA) is 8.17 Å². The van der Waals surface area contributed by atoms with Gasteiger partial charge in [0.2, 0.25) is 0 Å². The molecule has 0 amide bonds. The van der Waals surface area contributed by atoms with Crippen molar-refractivity contribution in [3.63, 3.8) is 0 Å². The van der Waals surface area contributed by atoms with Gasteiger partial charge < -0.3 is 9.47 Å². The summed E-state index contributed by atoms with van der Waals surface area (Å²) in [7, 11) is 0. The lowest BCUT2D eigenvalue weighted by molar-refractivity contribution is 0.660. The van der Waals surface area contributed by atoms with Crippen LogP contribution in [0.5, 0.6) is 0 Å². The van der Waals surface area contributed by atoms with Gasteiger partial charge >= 0.3 is 0 Å². The van der Waals surface area contributed by atoms with Crippen molar-refractivity contribution >= 4 is 60.4 Å². The molecule has 0 N–H and O–H groups in total. The van der Waals surface area contributed by atoms with Gasteiger partial charge in [-0.25, -0.2) is 0 Å². The van der Waals surface area contributed by atoms with E-state index in [1.807, 2.05) is 0 Å². The van der Waals surface area contributed by atoms with Gasteiger partial charge in [-0.2, -0.15) is 0 Å². The Morgan fingerprint density at radius 1 is 0.373 bits per heavy atom. The molecule has 0 saturated carbocycles. The average Bonchev–Trinajstić information content (AvgIpc) is 3.84. The lowest BCUT2D eigenvalue weighted by Crippen LogP contribution is -2.16. The first-order valence-electron chi connectivity index (χ1n) is 23.2. The molecule has 1 aliphatic rings. The van der Waals surface area contributed by atoms with Gasteiger partial charge in [0.15, 0.2) is 0 Å². The Morgan fingerprint density at radius 2 is 1.01 bits per heavy atom. The van der Waals surface area contributed by atoms with Gasteiger partial charge in [0.1, 0.15) is 0 Å². The Labute approximate surface area is 391 Å². The molecular weight excluding hydrogens is 809 g/mol. The zero-order valence-corrected chi connectivity index (χ0v) is 37.3. The molecule has 0 saturated heterocycles. The number of hydrogen-bond donors (Lipinski definition) is 0. The number of aromatic nitrogens is 1. The second kappa shape index (κ2) is 15.2. The fraction of sp³-hybridized carbons (Fsp3) is 0.0462. The Hall–Kier alpha value is -8.64. The highest BCUT2D eigenvalue weighted by Gasteiger charge is 2.36. The monoisotopic (exact) mass is 852 g/mol. The van der Waals surface area contributed by atoms with Crippen molar-refractivity contribution in [2.24, 2.45) is 0 Å². The molecular formula is C65H44N2. The lowest BCUT2D eigenvalue weighted by atomic mass is 9.81. The van der Waals surface area contributed by atoms with Crippen molar-refractivity contribution in [1.29, 1.82) is 0 Å². The zero-order valence-electron chi connectivity index (χ0n) is 37.3. The van der Waals surface area contributed by atoms with Crippen LogP contribution < -0.4 is 4.90 Å². The summed E-state index contributed by atoms with van der Waals surface area (Å²) in [5.74, 6) is 0. The zero-order chi connectivity index (χ0) is 44.6. The van der Waals surface area contributed by atoms with E-state index < -0.39 is 0 Å². The maximum absolute atomic E-state index is 3.67. The highest BCUT2D eigenvalue weighted by atomic mass is 15.1. The van der Waals surface area contributed by atoms with Crippen LogP contribution in [0.4, 0.5) is 17.1 Å². The first-order chi connectivity index (χ1) is 33.0. The summed E-state index contributed by atoms with van der Waals surface area (Å²) < 4.78 is 2.37. The molecule has 2 heteroatoms. The molecule has 12 aromatic rings. The summed E-state index contributed by atoms with van der Waals surface area (Å²) in [6, 6.07) is 91.4. The molecule has 0 aliphatic heterocycles. The van der Waals surface area contributed by atoms with Gasteiger partial charge in [-0.3, -0.25) is 0 Å². The van der Waals surface area contributed by atoms with Crippen molar-refractivity contribution in [3.8, 4) is 50.2 Å². The number of nitrogens with zero attached hydrogens (tertiary/aromatic N) is 2. The summed E-state index contributed by atoms with van der Waals surface area (Å²) in [4.78, 5) is 2.34. The third kappa shape index (κ3) is 6.28. The summed E-state index contributed by atoms with van der Waals surface area (Å²) in [6.45, 7) is 4.73. The molecule has 11 aromatic carbocycles. The third-order valence-corrected chi connectivity index (χ3v) is 14.2. The molecule has 0 fully saturated rings. The van der Waals surface area contributed by atoms with Crippen LogP contribution in [0.1, 0.15) is 25.0 Å². The van der Waals surface area contributed by atoms with E-state index in [-0.39, 0.29) is 5.41 Å². The molecule has 0 radical (unpaired) electrons. The fourth-order valence-corrected chi connectivity index (χ4v) is 10.9. The van der Waals surface area contributed by atoms with Gasteiger partial charge in [-0.15, -0.1) is 0 Å². The predicted molar refractivity (Wildman–Crippen MR) is 282 cm³/mol. The van der Waals surface area contributed by atoms with Gasteiger partial charge in [0, 0.05) is 38.8 Å². The van der Waals surface area contributed by atoms with E-state index in [2.05, 4.69) is 266 Å². The summed E-state index contributed by atoms with van der Waals surface area (Å²) in [5, 5.41) is 7.52. The lowest BCUT2D eigenvalue weighted by Gasteiger charge is -2.27. The van der Waals surface area contributed by atoms with Crippen LogP contribution in [0.3, 0.4) is 0 Å². The van der Waals surface area contributed by atoms with Crippen LogP contribution in [0.25, 0.3) is 93.5 Å². The van der Waals surface area contributed by atoms with Gasteiger partial charge in [0.05, 0.1) is 16.7 Å². The Kier molecular flexibility index (Phi) is 8.82. The first-order valence-corrected chi connectivity index (χ1v) is 23.2. The number of rotatable bonds is 7. The van der Waals surface area contributed by atoms with Gasteiger partial charge in [-0.05, 0) is 144 Å². The maximum Gasteiger partial charge on any atom is 0.0973 e. The van der Waals surface area contributed by atoms with Crippen LogP contribution in [0.15, 0.2) is 231 Å². The minimum atomic E-state index is -0.208. The van der Waals surface area contributed by atoms with E-state index in [4.69, 9.17) is 0 Å². The molecule has 0 spiro atoms. The molecule has 1 heterocycles. The minimum Gasteiger partial charge on any atom is -0.309 e. The van der Waals surface area contributed by atoms with Gasteiger partial charge in [0.25, 0.3) is 0 Å². The molecule has 0 bridgehead atoms. The van der Waals surface area contributed by atoms with E-state index in [9.17, 15) is 0 Å². The van der Waals surface area contributed by atoms with E-state index in [1.165, 1.54) is 87.9 Å². The van der Waals surface area contributed by atoms with Gasteiger partial charge in [-0.1, -0.05) is 184 Å². The van der Waals surface area contributed by atoms with Crippen molar-refractivity contribution in [3.05, 3.63) is 254 Å². The van der Waals surface area contributed by atoms with Crippen molar-refractivity contribution in [1.82, 2.24) is 4.57 Å². The number of anilines is 3. The van der Waals surface area contributed by atoms with Crippen molar-refractivity contribution in [2.75, 3.05) is 4.90 Å². The second-order valence-electron chi connectivity index (χ2n) is 18.4. The van der Waals surface area contributed by atoms with Crippen LogP contribution in [0, 0.1) is 12.1 Å². The largest absolute Gasteiger partial charge is 0.309 e. The van der Waals surface area contributed by atoms with Crippen molar-refractivity contribution in [2.45, 2.75) is 19.3 Å². The van der Waals surface area contributed by atoms with E-state index in [0.717, 1.165) is 33.9 Å². The van der Waals surface area contributed by atoms with Crippen LogP contribution in [-0.2, 0) is 5.41 Å². The molecule has 13 rings (SSSR count). The molecule has 314 valence electrons. The van der Waals surface area contributed by atoms with E-state index in [0.29, 0.717) is 0 Å². The normalized spacial score (nSPS) is 12.6. The number of benzene rings is 10. The van der Waals surface area contributed by atoms with E-state index >= 15 is 0 Å². The standard InChI is InChI=1S/C65H44N2/c1-65(2)61-40-47(43-14-5-3-6-15-43)29-37-57(61)58-39-35-52(42-62(58)65)66(51-33-26-46(27-34-51)54-21-13-22-55-53-19-10-9-16-45(53)28-36-56(54)55)50-31-24-44(25-32-50)48-30-38-60-59-20-11-12-23-63(59)67(64(60)41-48)49-17-7-4-8-18-49/h3-24,26-31,33-42H,1-2H3. The summed E-state index contributed by atoms with van der Waals surface area (Å²) in [5.41, 5.74) is 18.6. The SMILES string of the molecule is CC1(C)c2cc(-c3ccccc3)ccc2-c2ccc(N(c3c#cc(-c4ccc5c6ccccc6n(-c6ccccc6)c5c4)cc3)c3ccc(-c4cccc5c4ccc4ccccc45)cc3)cc21. The molecule has 67 heavy (non-hydrogen) atoms. The third-order valence-electron chi connectivity index (χ3n) is 14.2. The number of hydrogen-bond acceptors (Lipinski definition) is 1. The van der Waals surface area contributed by atoms with Crippen molar-refractivity contribution < 1.29 is 0 Å². The quantitative estimate of drug-likeness (QED) is 0.145. The molecule has 1 aromatic heterocycles. The van der Waals surface area contributed by atoms with Crippen LogP contribution in [0.2, 0.25) is 0 Å². The molecule has 0 atom stereocenters. The molecule has 0 unspecified atom stereocenters. The van der Waals surface area contributed by atoms with Crippen LogP contribution >= 0.6 is 0 Å². The molecule has 2 nitrogen and oxygen atoms in total. The Morgan fingerprint density at radius 3 is 1.82 bits per heavy atom. The van der Waals surface area contributed by atoms with E-state index in [1.54, 1.807) is 0 Å². The Balaban J connectivity index is 0.920. The average molecular weight is 853 g/mol. The smallest absolute Gasteiger partial charge is 0.0973 e. The predicted octanol–water partition coefficient (Wildman–Crippen LogP) is 17.5. The first kappa shape index (κ1) is 38.8. The number of para-hydroxylation sites is 2. The molecule has 1 aliphatic carbocycles. The van der Waals surface area contributed by atoms with Crippen LogP contribution in [-0.4, -0.2) is 4.57 Å². The Bertz CT molecular complexity index is 3860. The second-order valence-corrected chi connectivity index (χ2v) is 18.4. The number of fused-ring (bicyclic) bond motifs is 9. The minimum absolute atomic E-state index is 0.208. The summed E-state index contributed by atoms with van der Waals surface area (Å²) >= 11 is 0. The maximum atomic E-state index is 3.67. The fourth-order valence-electron chi connectivity index (χ4n) is 10.9. The highest BCUT2D eigenvalue weighted by Crippen LogP contribution is 2.52. The summed E-state index contributed by atoms with van der Waals surface area (Å²) in [6.07, 6.45) is 0.